The molecule has 0 saturated carbocycles. The quantitative estimate of drug-likeness (QED) is 0.369. The Labute approximate surface area is 181 Å². The van der Waals surface area contributed by atoms with Crippen molar-refractivity contribution in [2.45, 2.75) is 30.8 Å². The van der Waals surface area contributed by atoms with Crippen LogP contribution in [0.25, 0.3) is 10.2 Å². The minimum absolute atomic E-state index is 0.0410. The van der Waals surface area contributed by atoms with Crippen LogP contribution < -0.4 is 10.9 Å². The van der Waals surface area contributed by atoms with Crippen LogP contribution in [0.2, 0.25) is 0 Å². The lowest BCUT2D eigenvalue weighted by molar-refractivity contribution is -0.113. The number of fused-ring (bicyclic) bond motifs is 3. The van der Waals surface area contributed by atoms with Gasteiger partial charge in [-0.3, -0.25) is 14.2 Å². The van der Waals surface area contributed by atoms with E-state index >= 15 is 0 Å². The average Bonchev–Trinajstić information content (AvgIpc) is 3.13. The number of benzene rings is 1. The Bertz CT molecular complexity index is 1180. The number of nitrogens with zero attached hydrogens (tertiary/aromatic N) is 2. The number of rotatable bonds is 5. The van der Waals surface area contributed by atoms with Crippen molar-refractivity contribution in [3.05, 3.63) is 50.6 Å². The molecule has 1 N–H and O–H groups in total. The largest absolute Gasteiger partial charge is 0.465 e. The molecule has 0 saturated heterocycles. The summed E-state index contributed by atoms with van der Waals surface area (Å²) in [4.78, 5) is 43.4. The lowest BCUT2D eigenvalue weighted by Gasteiger charge is -2.11. The van der Waals surface area contributed by atoms with E-state index in [1.54, 1.807) is 42.6 Å². The number of methoxy groups -OCH3 is 1. The van der Waals surface area contributed by atoms with E-state index in [0.29, 0.717) is 16.4 Å². The third kappa shape index (κ3) is 3.99. The summed E-state index contributed by atoms with van der Waals surface area (Å²) in [5.74, 6) is -0.526. The summed E-state index contributed by atoms with van der Waals surface area (Å²) in [7, 11) is 3.02. The molecule has 0 unspecified atom stereocenters. The zero-order valence-corrected chi connectivity index (χ0v) is 18.3. The van der Waals surface area contributed by atoms with E-state index in [0.717, 1.165) is 35.9 Å². The van der Waals surface area contributed by atoms with Gasteiger partial charge in [-0.2, -0.15) is 0 Å². The summed E-state index contributed by atoms with van der Waals surface area (Å²) < 4.78 is 6.19. The fourth-order valence-corrected chi connectivity index (χ4v) is 5.61. The van der Waals surface area contributed by atoms with Crippen LogP contribution in [-0.2, 0) is 29.4 Å². The summed E-state index contributed by atoms with van der Waals surface area (Å²) in [5.41, 5.74) is 2.12. The van der Waals surface area contributed by atoms with Gasteiger partial charge in [0.2, 0.25) is 5.91 Å². The topological polar surface area (TPSA) is 90.3 Å². The maximum Gasteiger partial charge on any atom is 0.337 e. The number of thioether (sulfide) groups is 1. The molecule has 0 fully saturated rings. The Morgan fingerprint density at radius 3 is 2.70 bits per heavy atom. The molecule has 0 spiro atoms. The lowest BCUT2D eigenvalue weighted by atomic mass is 9.97. The van der Waals surface area contributed by atoms with Crippen LogP contribution in [0.1, 0.15) is 33.6 Å². The van der Waals surface area contributed by atoms with E-state index in [-0.39, 0.29) is 17.2 Å². The zero-order valence-electron chi connectivity index (χ0n) is 16.7. The summed E-state index contributed by atoms with van der Waals surface area (Å²) in [6.07, 6.45) is 4.22. The number of anilines is 1. The summed E-state index contributed by atoms with van der Waals surface area (Å²) in [6, 6.07) is 6.47. The van der Waals surface area contributed by atoms with Gasteiger partial charge in [-0.1, -0.05) is 11.8 Å². The second-order valence-corrected chi connectivity index (χ2v) is 9.08. The molecule has 0 atom stereocenters. The molecule has 1 aromatic carbocycles. The SMILES string of the molecule is COC(=O)c1ccc(NC(=O)CSc2nc3sc4c(c3c(=O)n2C)CCCC4)cc1. The second-order valence-electron chi connectivity index (χ2n) is 7.06. The van der Waals surface area contributed by atoms with Crippen molar-refractivity contribution in [1.82, 2.24) is 9.55 Å². The molecular formula is C21H21N3O4S2. The third-order valence-corrected chi connectivity index (χ3v) is 7.29. The smallest absolute Gasteiger partial charge is 0.337 e. The molecule has 30 heavy (non-hydrogen) atoms. The number of hydrogen-bond acceptors (Lipinski definition) is 7. The molecule has 3 aromatic rings. The minimum atomic E-state index is -0.430. The number of aryl methyl sites for hydroxylation is 2. The maximum atomic E-state index is 12.9. The van der Waals surface area contributed by atoms with Crippen molar-refractivity contribution in [1.29, 1.82) is 0 Å². The van der Waals surface area contributed by atoms with Gasteiger partial charge in [-0.05, 0) is 55.5 Å². The number of ether oxygens (including phenoxy) is 1. The van der Waals surface area contributed by atoms with Gasteiger partial charge in [0, 0.05) is 17.6 Å². The van der Waals surface area contributed by atoms with Crippen LogP contribution in [-0.4, -0.2) is 34.3 Å². The van der Waals surface area contributed by atoms with Gasteiger partial charge < -0.3 is 10.1 Å². The van der Waals surface area contributed by atoms with Crippen molar-refractivity contribution >= 4 is 50.9 Å². The van der Waals surface area contributed by atoms with E-state index in [4.69, 9.17) is 0 Å². The Kier molecular flexibility index (Phi) is 5.92. The van der Waals surface area contributed by atoms with Crippen molar-refractivity contribution in [2.75, 3.05) is 18.2 Å². The molecule has 7 nitrogen and oxygen atoms in total. The molecule has 4 rings (SSSR count). The Balaban J connectivity index is 1.47. The van der Waals surface area contributed by atoms with Gasteiger partial charge >= 0.3 is 5.97 Å². The van der Waals surface area contributed by atoms with Crippen LogP contribution in [0.15, 0.2) is 34.2 Å². The Morgan fingerprint density at radius 2 is 1.97 bits per heavy atom. The first-order valence-electron chi connectivity index (χ1n) is 9.60. The number of amides is 1. The van der Waals surface area contributed by atoms with E-state index in [1.807, 2.05) is 0 Å². The van der Waals surface area contributed by atoms with Crippen LogP contribution >= 0.6 is 23.1 Å². The van der Waals surface area contributed by atoms with Crippen LogP contribution in [0.5, 0.6) is 0 Å². The highest BCUT2D eigenvalue weighted by Gasteiger charge is 2.21. The van der Waals surface area contributed by atoms with Crippen molar-refractivity contribution in [3.63, 3.8) is 0 Å². The van der Waals surface area contributed by atoms with Gasteiger partial charge in [0.1, 0.15) is 4.83 Å². The normalized spacial score (nSPS) is 13.1. The molecular weight excluding hydrogens is 422 g/mol. The van der Waals surface area contributed by atoms with E-state index in [1.165, 1.54) is 33.9 Å². The fourth-order valence-electron chi connectivity index (χ4n) is 3.53. The number of thiophene rings is 1. The fraction of sp³-hybridized carbons (Fsp3) is 0.333. The Hall–Kier alpha value is -2.65. The van der Waals surface area contributed by atoms with Gasteiger partial charge in [0.25, 0.3) is 5.56 Å². The van der Waals surface area contributed by atoms with E-state index < -0.39 is 5.97 Å². The lowest BCUT2D eigenvalue weighted by Crippen LogP contribution is -2.22. The molecule has 1 aliphatic carbocycles. The number of carbonyl (C=O) groups is 2. The number of aromatic nitrogens is 2. The molecule has 1 amide bonds. The van der Waals surface area contributed by atoms with E-state index in [2.05, 4.69) is 15.0 Å². The van der Waals surface area contributed by atoms with Gasteiger partial charge in [0.05, 0.1) is 23.8 Å². The first kappa shape index (κ1) is 20.6. The first-order chi connectivity index (χ1) is 14.5. The second kappa shape index (κ2) is 8.61. The minimum Gasteiger partial charge on any atom is -0.465 e. The molecule has 1 aliphatic rings. The maximum absolute atomic E-state index is 12.9. The van der Waals surface area contributed by atoms with Crippen LogP contribution in [0, 0.1) is 0 Å². The number of esters is 1. The number of hydrogen-bond donors (Lipinski definition) is 1. The highest BCUT2D eigenvalue weighted by Crippen LogP contribution is 2.34. The number of carbonyl (C=O) groups excluding carboxylic acids is 2. The molecule has 0 aliphatic heterocycles. The summed E-state index contributed by atoms with van der Waals surface area (Å²) in [5, 5.41) is 4.06. The zero-order chi connectivity index (χ0) is 21.3. The summed E-state index contributed by atoms with van der Waals surface area (Å²) >= 11 is 2.84. The van der Waals surface area contributed by atoms with Crippen molar-refractivity contribution in [3.8, 4) is 0 Å². The van der Waals surface area contributed by atoms with Gasteiger partial charge in [0.15, 0.2) is 5.16 Å². The number of nitrogens with one attached hydrogen (secondary N) is 1. The molecule has 2 heterocycles. The summed E-state index contributed by atoms with van der Waals surface area (Å²) in [6.45, 7) is 0. The molecule has 2 aromatic heterocycles. The monoisotopic (exact) mass is 443 g/mol. The molecule has 0 bridgehead atoms. The highest BCUT2D eigenvalue weighted by molar-refractivity contribution is 7.99. The average molecular weight is 444 g/mol. The first-order valence-corrected chi connectivity index (χ1v) is 11.4. The molecule has 0 radical (unpaired) electrons. The highest BCUT2D eigenvalue weighted by atomic mass is 32.2. The van der Waals surface area contributed by atoms with Crippen molar-refractivity contribution in [2.24, 2.45) is 7.05 Å². The van der Waals surface area contributed by atoms with Crippen LogP contribution in [0.3, 0.4) is 0 Å². The molecule has 9 heteroatoms. The predicted octanol–water partition coefficient (Wildman–Crippen LogP) is 3.39. The predicted molar refractivity (Wildman–Crippen MR) is 119 cm³/mol. The standard InChI is InChI=1S/C21H21N3O4S2/c1-24-19(26)17-14-5-3-4-6-15(14)30-18(17)23-21(24)29-11-16(25)22-13-9-7-12(8-10-13)20(27)28-2/h7-10H,3-6,11H2,1-2H3,(H,22,25). The third-order valence-electron chi connectivity index (χ3n) is 5.08. The Morgan fingerprint density at radius 1 is 1.23 bits per heavy atom. The van der Waals surface area contributed by atoms with Gasteiger partial charge in [-0.25, -0.2) is 9.78 Å². The van der Waals surface area contributed by atoms with Gasteiger partial charge in [-0.15, -0.1) is 11.3 Å². The van der Waals surface area contributed by atoms with Crippen molar-refractivity contribution < 1.29 is 14.3 Å². The van der Waals surface area contributed by atoms with E-state index in [9.17, 15) is 14.4 Å². The van der Waals surface area contributed by atoms with Crippen LogP contribution in [0.4, 0.5) is 5.69 Å². The molecule has 156 valence electrons.